The lowest BCUT2D eigenvalue weighted by atomic mass is 9.98. The van der Waals surface area contributed by atoms with Crippen LogP contribution in [0.25, 0.3) is 0 Å². The monoisotopic (exact) mass is 387 g/mol. The number of nitrogens with zero attached hydrogens (tertiary/aromatic N) is 1. The van der Waals surface area contributed by atoms with Crippen molar-refractivity contribution >= 4 is 28.9 Å². The number of nitrogens with one attached hydrogen (secondary N) is 2. The van der Waals surface area contributed by atoms with Gasteiger partial charge in [-0.05, 0) is 67.3 Å². The van der Waals surface area contributed by atoms with Gasteiger partial charge in [0, 0.05) is 28.7 Å². The van der Waals surface area contributed by atoms with E-state index >= 15 is 0 Å². The van der Waals surface area contributed by atoms with Gasteiger partial charge in [0.15, 0.2) is 5.78 Å². The van der Waals surface area contributed by atoms with Crippen LogP contribution < -0.4 is 10.6 Å². The molecule has 3 aromatic rings. The van der Waals surface area contributed by atoms with Crippen LogP contribution in [0.15, 0.2) is 60.8 Å². The van der Waals surface area contributed by atoms with Gasteiger partial charge in [0.1, 0.15) is 5.82 Å². The van der Waals surface area contributed by atoms with E-state index in [2.05, 4.69) is 48.5 Å². The minimum atomic E-state index is -0.236. The lowest BCUT2D eigenvalue weighted by molar-refractivity contribution is 0.101. The van der Waals surface area contributed by atoms with Crippen LogP contribution in [-0.2, 0) is 0 Å². The molecule has 5 heteroatoms. The largest absolute Gasteiger partial charge is 0.340 e. The Morgan fingerprint density at radius 3 is 2.34 bits per heavy atom. The molecule has 0 atom stereocenters. The number of aromatic nitrogens is 1. The second kappa shape index (κ2) is 8.69. The van der Waals surface area contributed by atoms with Crippen molar-refractivity contribution in [2.24, 2.45) is 0 Å². The van der Waals surface area contributed by atoms with Gasteiger partial charge >= 0.3 is 0 Å². The van der Waals surface area contributed by atoms with Crippen LogP contribution in [0.3, 0.4) is 0 Å². The fourth-order valence-electron chi connectivity index (χ4n) is 3.10. The van der Waals surface area contributed by atoms with Crippen LogP contribution >= 0.6 is 0 Å². The summed E-state index contributed by atoms with van der Waals surface area (Å²) in [6.07, 6.45) is 1.61. The summed E-state index contributed by atoms with van der Waals surface area (Å²) in [4.78, 5) is 28.4. The Hall–Kier alpha value is -3.47. The van der Waals surface area contributed by atoms with Crippen molar-refractivity contribution in [3.05, 3.63) is 83.0 Å². The summed E-state index contributed by atoms with van der Waals surface area (Å²) < 4.78 is 0. The normalized spacial score (nSPS) is 10.7. The molecule has 3 rings (SSSR count). The van der Waals surface area contributed by atoms with Crippen molar-refractivity contribution < 1.29 is 9.59 Å². The predicted octanol–water partition coefficient (Wildman–Crippen LogP) is 5.71. The van der Waals surface area contributed by atoms with Gasteiger partial charge in [-0.25, -0.2) is 4.98 Å². The van der Waals surface area contributed by atoms with Gasteiger partial charge in [0.2, 0.25) is 0 Å². The van der Waals surface area contributed by atoms with Crippen LogP contribution in [-0.4, -0.2) is 16.7 Å². The molecular formula is C24H25N3O2. The van der Waals surface area contributed by atoms with Crippen molar-refractivity contribution in [2.75, 3.05) is 10.6 Å². The summed E-state index contributed by atoms with van der Waals surface area (Å²) in [7, 11) is 0. The summed E-state index contributed by atoms with van der Waals surface area (Å²) in [6, 6.07) is 16.4. The van der Waals surface area contributed by atoms with Crippen LogP contribution in [0.5, 0.6) is 0 Å². The zero-order valence-electron chi connectivity index (χ0n) is 17.1. The zero-order valence-corrected chi connectivity index (χ0v) is 17.1. The first-order valence-electron chi connectivity index (χ1n) is 9.60. The van der Waals surface area contributed by atoms with Gasteiger partial charge in [-0.3, -0.25) is 9.59 Å². The number of rotatable bonds is 6. The van der Waals surface area contributed by atoms with Gasteiger partial charge < -0.3 is 10.6 Å². The third-order valence-electron chi connectivity index (χ3n) is 4.75. The molecule has 0 aliphatic heterocycles. The number of ketones is 1. The second-order valence-electron chi connectivity index (χ2n) is 7.34. The van der Waals surface area contributed by atoms with Gasteiger partial charge in [-0.15, -0.1) is 0 Å². The van der Waals surface area contributed by atoms with Crippen molar-refractivity contribution in [2.45, 2.75) is 33.6 Å². The van der Waals surface area contributed by atoms with E-state index < -0.39 is 0 Å². The maximum Gasteiger partial charge on any atom is 0.255 e. The number of aryl methyl sites for hydroxylation is 1. The molecule has 0 fully saturated rings. The summed E-state index contributed by atoms with van der Waals surface area (Å²) in [5, 5.41) is 6.22. The molecule has 5 nitrogen and oxygen atoms in total. The van der Waals surface area contributed by atoms with Gasteiger partial charge in [0.05, 0.1) is 0 Å². The topological polar surface area (TPSA) is 71.1 Å². The maximum absolute atomic E-state index is 12.6. The predicted molar refractivity (Wildman–Crippen MR) is 117 cm³/mol. The minimum Gasteiger partial charge on any atom is -0.340 e. The average molecular weight is 387 g/mol. The summed E-state index contributed by atoms with van der Waals surface area (Å²) in [6.45, 7) is 7.86. The Morgan fingerprint density at radius 1 is 0.966 bits per heavy atom. The van der Waals surface area contributed by atoms with E-state index in [0.29, 0.717) is 28.6 Å². The van der Waals surface area contributed by atoms with Crippen molar-refractivity contribution in [3.63, 3.8) is 0 Å². The third kappa shape index (κ3) is 4.88. The highest BCUT2D eigenvalue weighted by Gasteiger charge is 2.12. The molecule has 1 aromatic heterocycles. The summed E-state index contributed by atoms with van der Waals surface area (Å²) in [5.41, 5.74) is 5.08. The van der Waals surface area contributed by atoms with E-state index in [0.717, 1.165) is 11.3 Å². The molecule has 0 aliphatic rings. The van der Waals surface area contributed by atoms with Crippen molar-refractivity contribution in [3.8, 4) is 0 Å². The number of Topliss-reactive ketones (excluding diaryl/α,β-unsaturated/α-hetero) is 1. The Morgan fingerprint density at radius 2 is 1.69 bits per heavy atom. The minimum absolute atomic E-state index is 0.00954. The number of amides is 1. The fourth-order valence-corrected chi connectivity index (χ4v) is 3.10. The number of hydrogen-bond donors (Lipinski definition) is 2. The molecule has 0 unspecified atom stereocenters. The Labute approximate surface area is 171 Å². The number of hydrogen-bond acceptors (Lipinski definition) is 4. The van der Waals surface area contributed by atoms with Crippen LogP contribution in [0.4, 0.5) is 17.2 Å². The molecule has 2 N–H and O–H groups in total. The van der Waals surface area contributed by atoms with E-state index in [1.54, 1.807) is 42.6 Å². The van der Waals surface area contributed by atoms with Gasteiger partial charge in [0.25, 0.3) is 5.91 Å². The number of carbonyl (C=O) groups excluding carboxylic acids is 2. The summed E-state index contributed by atoms with van der Waals surface area (Å²) >= 11 is 0. The first-order valence-corrected chi connectivity index (χ1v) is 9.60. The highest BCUT2D eigenvalue weighted by Crippen LogP contribution is 2.29. The van der Waals surface area contributed by atoms with Gasteiger partial charge in [-0.1, -0.05) is 32.0 Å². The number of carbonyl (C=O) groups is 2. The lowest BCUT2D eigenvalue weighted by Crippen LogP contribution is -2.12. The second-order valence-corrected chi connectivity index (χ2v) is 7.34. The first kappa shape index (κ1) is 20.3. The Bertz CT molecular complexity index is 1040. The van der Waals surface area contributed by atoms with Crippen LogP contribution in [0, 0.1) is 6.92 Å². The third-order valence-corrected chi connectivity index (χ3v) is 4.75. The number of para-hydroxylation sites is 1. The quantitative estimate of drug-likeness (QED) is 0.531. The van der Waals surface area contributed by atoms with E-state index in [1.165, 1.54) is 12.5 Å². The highest BCUT2D eigenvalue weighted by molar-refractivity contribution is 6.05. The van der Waals surface area contributed by atoms with Crippen molar-refractivity contribution in [1.29, 1.82) is 0 Å². The van der Waals surface area contributed by atoms with E-state index in [4.69, 9.17) is 0 Å². The fraction of sp³-hybridized carbons (Fsp3) is 0.208. The molecule has 2 aromatic carbocycles. The molecule has 0 bridgehead atoms. The number of pyridine rings is 1. The molecule has 0 radical (unpaired) electrons. The lowest BCUT2D eigenvalue weighted by Gasteiger charge is -2.17. The Balaban J connectivity index is 1.79. The molecule has 0 saturated carbocycles. The average Bonchev–Trinajstić information content (AvgIpc) is 2.70. The molecule has 1 amide bonds. The van der Waals surface area contributed by atoms with Crippen LogP contribution in [0.1, 0.15) is 58.5 Å². The molecule has 0 spiro atoms. The van der Waals surface area contributed by atoms with E-state index in [-0.39, 0.29) is 11.7 Å². The highest BCUT2D eigenvalue weighted by atomic mass is 16.1. The van der Waals surface area contributed by atoms with Crippen molar-refractivity contribution in [1.82, 2.24) is 4.98 Å². The SMILES string of the molecule is CC(=O)c1ccc(NC(=O)c2ccnc(Nc3c(C)cccc3C(C)C)c2)cc1. The Kier molecular flexibility index (Phi) is 6.07. The molecule has 0 saturated heterocycles. The molecular weight excluding hydrogens is 362 g/mol. The molecule has 0 aliphatic carbocycles. The van der Waals surface area contributed by atoms with Crippen LogP contribution in [0.2, 0.25) is 0 Å². The number of benzene rings is 2. The van der Waals surface area contributed by atoms with E-state index in [9.17, 15) is 9.59 Å². The number of anilines is 3. The summed E-state index contributed by atoms with van der Waals surface area (Å²) in [5.74, 6) is 0.729. The standard InChI is InChI=1S/C24H25N3O2/c1-15(2)21-7-5-6-16(3)23(21)27-22-14-19(12-13-25-22)24(29)26-20-10-8-18(9-11-20)17(4)28/h5-15H,1-4H3,(H,25,27)(H,26,29). The maximum atomic E-state index is 12.6. The van der Waals surface area contributed by atoms with Gasteiger partial charge in [-0.2, -0.15) is 0 Å². The smallest absolute Gasteiger partial charge is 0.255 e. The van der Waals surface area contributed by atoms with E-state index in [1.807, 2.05) is 6.07 Å². The zero-order chi connectivity index (χ0) is 21.0. The molecule has 148 valence electrons. The first-order chi connectivity index (χ1) is 13.8. The molecule has 29 heavy (non-hydrogen) atoms. The molecule has 1 heterocycles.